The Balaban J connectivity index is 1.82. The Hall–Kier alpha value is -2.66. The van der Waals surface area contributed by atoms with Crippen LogP contribution in [0.15, 0.2) is 60.9 Å². The van der Waals surface area contributed by atoms with Crippen LogP contribution < -0.4 is 4.90 Å². The minimum absolute atomic E-state index is 0.00403. The molecule has 0 spiro atoms. The van der Waals surface area contributed by atoms with Gasteiger partial charge in [-0.05, 0) is 36.1 Å². The highest BCUT2D eigenvalue weighted by molar-refractivity contribution is 6.30. The largest absolute Gasteiger partial charge is 0.274 e. The van der Waals surface area contributed by atoms with E-state index < -0.39 is 0 Å². The number of rotatable bonds is 4. The van der Waals surface area contributed by atoms with Crippen LogP contribution in [0.3, 0.4) is 0 Å². The maximum absolute atomic E-state index is 13.0. The number of benzene rings is 2. The molecule has 3 aromatic rings. The van der Waals surface area contributed by atoms with Gasteiger partial charge in [-0.1, -0.05) is 61.0 Å². The summed E-state index contributed by atoms with van der Waals surface area (Å²) in [5, 5.41) is 5.14. The van der Waals surface area contributed by atoms with E-state index in [0.717, 1.165) is 24.0 Å². The van der Waals surface area contributed by atoms with Crippen molar-refractivity contribution in [3.63, 3.8) is 0 Å². The van der Waals surface area contributed by atoms with E-state index in [4.69, 9.17) is 11.6 Å². The zero-order valence-electron chi connectivity index (χ0n) is 15.1. The van der Waals surface area contributed by atoms with E-state index in [1.54, 1.807) is 0 Å². The first kappa shape index (κ1) is 17.7. The Bertz CT molecular complexity index is 923. The molecule has 0 radical (unpaired) electrons. The van der Waals surface area contributed by atoms with Gasteiger partial charge in [-0.2, -0.15) is 10.1 Å². The monoisotopic (exact) mass is 380 g/mol. The molecule has 0 unspecified atom stereocenters. The van der Waals surface area contributed by atoms with E-state index in [1.165, 1.54) is 6.33 Å². The Labute approximate surface area is 163 Å². The molecule has 1 aromatic heterocycles. The maximum atomic E-state index is 13.0. The summed E-state index contributed by atoms with van der Waals surface area (Å²) in [5.41, 5.74) is 2.21. The lowest BCUT2D eigenvalue weighted by Gasteiger charge is -2.39. The van der Waals surface area contributed by atoms with E-state index in [1.807, 2.05) is 59.0 Å². The topological polar surface area (TPSA) is 51.0 Å². The molecule has 5 nitrogen and oxygen atoms in total. The third-order valence-corrected chi connectivity index (χ3v) is 5.25. The van der Waals surface area contributed by atoms with Gasteiger partial charge in [0.1, 0.15) is 6.33 Å². The first-order chi connectivity index (χ1) is 13.2. The second-order valence-electron chi connectivity index (χ2n) is 6.75. The molecule has 4 rings (SSSR count). The summed E-state index contributed by atoms with van der Waals surface area (Å²) in [6, 6.07) is 17.9. The average molecular weight is 381 g/mol. The number of fused-ring (bicyclic) bond motifs is 1. The van der Waals surface area contributed by atoms with E-state index in [-0.39, 0.29) is 18.0 Å². The van der Waals surface area contributed by atoms with Gasteiger partial charge < -0.3 is 0 Å². The molecule has 1 aliphatic rings. The first-order valence-corrected chi connectivity index (χ1v) is 9.58. The molecule has 2 heterocycles. The van der Waals surface area contributed by atoms with Gasteiger partial charge in [0.15, 0.2) is 0 Å². The molecule has 6 heteroatoms. The van der Waals surface area contributed by atoms with Crippen molar-refractivity contribution in [1.82, 2.24) is 14.8 Å². The van der Waals surface area contributed by atoms with Crippen LogP contribution in [0.4, 0.5) is 5.95 Å². The number of aromatic nitrogens is 3. The molecule has 0 aliphatic carbocycles. The predicted molar refractivity (Wildman–Crippen MR) is 106 cm³/mol. The van der Waals surface area contributed by atoms with Crippen molar-refractivity contribution in [3.8, 4) is 0 Å². The van der Waals surface area contributed by atoms with Gasteiger partial charge in [0.25, 0.3) is 0 Å². The summed E-state index contributed by atoms with van der Waals surface area (Å²) in [6.07, 6.45) is 3.54. The Morgan fingerprint density at radius 3 is 2.48 bits per heavy atom. The smallest absolute Gasteiger partial charge is 0.231 e. The second kappa shape index (κ2) is 7.53. The van der Waals surface area contributed by atoms with E-state index >= 15 is 0 Å². The fourth-order valence-electron chi connectivity index (χ4n) is 3.73. The van der Waals surface area contributed by atoms with Crippen LogP contribution in [0.1, 0.15) is 49.4 Å². The van der Waals surface area contributed by atoms with Crippen LogP contribution >= 0.6 is 11.6 Å². The number of carbonyl (C=O) groups is 1. The highest BCUT2D eigenvalue weighted by Crippen LogP contribution is 2.42. The van der Waals surface area contributed by atoms with Crippen LogP contribution in [-0.2, 0) is 4.79 Å². The fourth-order valence-corrected chi connectivity index (χ4v) is 3.86. The number of amides is 1. The van der Waals surface area contributed by atoms with Gasteiger partial charge in [0, 0.05) is 11.4 Å². The lowest BCUT2D eigenvalue weighted by atomic mass is 9.91. The van der Waals surface area contributed by atoms with Crippen molar-refractivity contribution < 1.29 is 4.79 Å². The van der Waals surface area contributed by atoms with Gasteiger partial charge in [-0.15, -0.1) is 0 Å². The zero-order valence-corrected chi connectivity index (χ0v) is 15.9. The van der Waals surface area contributed by atoms with Crippen LogP contribution in [0.5, 0.6) is 0 Å². The van der Waals surface area contributed by atoms with Crippen LogP contribution in [-0.4, -0.2) is 20.7 Å². The standard InChI is InChI=1S/C21H21ClN4O/c1-2-6-20(27)25-18(15-7-4-3-5-8-15)13-19(26-21(25)23-14-24-26)16-9-11-17(22)12-10-16/h3-5,7-12,14,18-19H,2,6,13H2,1H3/t18-,19-/m1/s1. The molecule has 0 saturated carbocycles. The third-order valence-electron chi connectivity index (χ3n) is 4.99. The van der Waals surface area contributed by atoms with Crippen LogP contribution in [0.25, 0.3) is 0 Å². The SMILES string of the molecule is CCCC(=O)N1c2ncnn2[C@@H](c2ccc(Cl)cc2)C[C@@H]1c1ccccc1. The average Bonchev–Trinajstić information content (AvgIpc) is 3.18. The molecule has 0 fully saturated rings. The second-order valence-corrected chi connectivity index (χ2v) is 7.18. The summed E-state index contributed by atoms with van der Waals surface area (Å²) in [5.74, 6) is 0.684. The van der Waals surface area contributed by atoms with Crippen LogP contribution in [0, 0.1) is 0 Å². The summed E-state index contributed by atoms with van der Waals surface area (Å²) in [4.78, 5) is 19.2. The molecule has 1 amide bonds. The molecule has 1 aliphatic heterocycles. The quantitative estimate of drug-likeness (QED) is 0.653. The van der Waals surface area contributed by atoms with Crippen molar-refractivity contribution >= 4 is 23.5 Å². The molecular formula is C21H21ClN4O. The van der Waals surface area contributed by atoms with E-state index in [2.05, 4.69) is 22.2 Å². The van der Waals surface area contributed by atoms with Crippen molar-refractivity contribution in [2.45, 2.75) is 38.3 Å². The van der Waals surface area contributed by atoms with Gasteiger partial charge in [0.05, 0.1) is 12.1 Å². The molecule has 2 aromatic carbocycles. The summed E-state index contributed by atoms with van der Waals surface area (Å²) in [7, 11) is 0. The van der Waals surface area contributed by atoms with Crippen molar-refractivity contribution in [3.05, 3.63) is 77.1 Å². The molecule has 27 heavy (non-hydrogen) atoms. The van der Waals surface area contributed by atoms with Gasteiger partial charge >= 0.3 is 0 Å². The number of nitrogens with zero attached hydrogens (tertiary/aromatic N) is 4. The summed E-state index contributed by atoms with van der Waals surface area (Å²) in [6.45, 7) is 2.01. The molecule has 0 N–H and O–H groups in total. The van der Waals surface area contributed by atoms with Crippen molar-refractivity contribution in [1.29, 1.82) is 0 Å². The van der Waals surface area contributed by atoms with Gasteiger partial charge in [-0.25, -0.2) is 4.68 Å². The Kier molecular flexibility index (Phi) is 4.94. The van der Waals surface area contributed by atoms with Crippen LogP contribution in [0.2, 0.25) is 5.02 Å². The van der Waals surface area contributed by atoms with Gasteiger partial charge in [-0.3, -0.25) is 9.69 Å². The number of halogens is 1. The normalized spacial score (nSPS) is 19.0. The summed E-state index contributed by atoms with van der Waals surface area (Å²) >= 11 is 6.07. The third kappa shape index (κ3) is 3.35. The van der Waals surface area contributed by atoms with E-state index in [0.29, 0.717) is 17.4 Å². The predicted octanol–water partition coefficient (Wildman–Crippen LogP) is 4.80. The molecule has 2 atom stereocenters. The van der Waals surface area contributed by atoms with E-state index in [9.17, 15) is 4.79 Å². The first-order valence-electron chi connectivity index (χ1n) is 9.21. The highest BCUT2D eigenvalue weighted by atomic mass is 35.5. The van der Waals surface area contributed by atoms with Crippen molar-refractivity contribution in [2.24, 2.45) is 0 Å². The van der Waals surface area contributed by atoms with Crippen molar-refractivity contribution in [2.75, 3.05) is 4.90 Å². The molecule has 0 saturated heterocycles. The lowest BCUT2D eigenvalue weighted by Crippen LogP contribution is -2.42. The maximum Gasteiger partial charge on any atom is 0.231 e. The lowest BCUT2D eigenvalue weighted by molar-refractivity contribution is -0.119. The summed E-state index contributed by atoms with van der Waals surface area (Å²) < 4.78 is 1.86. The minimum atomic E-state index is -0.0809. The molecule has 138 valence electrons. The number of anilines is 1. The highest BCUT2D eigenvalue weighted by Gasteiger charge is 2.38. The number of hydrogen-bond acceptors (Lipinski definition) is 3. The Morgan fingerprint density at radius 1 is 1.07 bits per heavy atom. The van der Waals surface area contributed by atoms with Gasteiger partial charge in [0.2, 0.25) is 11.9 Å². The fraction of sp³-hybridized carbons (Fsp3) is 0.286. The molecular weight excluding hydrogens is 360 g/mol. The Morgan fingerprint density at radius 2 is 1.78 bits per heavy atom. The number of hydrogen-bond donors (Lipinski definition) is 0. The zero-order chi connectivity index (χ0) is 18.8. The minimum Gasteiger partial charge on any atom is -0.274 e. The molecule has 0 bridgehead atoms. The number of carbonyl (C=O) groups excluding carboxylic acids is 1.